The molecule has 4 N–H and O–H groups in total. The normalized spacial score (nSPS) is 16.3. The summed E-state index contributed by atoms with van der Waals surface area (Å²) in [7, 11) is 0. The van der Waals surface area contributed by atoms with Crippen LogP contribution < -0.4 is 11.5 Å². The molecule has 0 aromatic rings. The molecule has 0 rings (SSSR count). The summed E-state index contributed by atoms with van der Waals surface area (Å²) in [5, 5.41) is 0. The minimum absolute atomic E-state index is 0.167. The molecule has 10 heavy (non-hydrogen) atoms. The molecule has 0 heterocycles. The summed E-state index contributed by atoms with van der Waals surface area (Å²) >= 11 is -1.06. The molecule has 1 radical (unpaired) electrons. The molecular formula is C5H11N2O2S. The minimum atomic E-state index is -1.06. The molecule has 0 aromatic heterocycles. The fraction of sp³-hybridized carbons (Fsp3) is 0.800. The van der Waals surface area contributed by atoms with E-state index in [1.165, 1.54) is 0 Å². The summed E-state index contributed by atoms with van der Waals surface area (Å²) in [6.07, 6.45) is 1.55. The first-order valence-corrected chi connectivity index (χ1v) is 4.37. The van der Waals surface area contributed by atoms with Crippen LogP contribution in [0.15, 0.2) is 0 Å². The molecule has 0 aliphatic carbocycles. The van der Waals surface area contributed by atoms with Crippen molar-refractivity contribution in [1.29, 1.82) is 0 Å². The first-order chi connectivity index (χ1) is 4.70. The Bertz CT molecular complexity index is 102. The number of hydrogen-bond acceptors (Lipinski definition) is 4. The molecule has 0 saturated heterocycles. The maximum atomic E-state index is 10.8. The summed E-state index contributed by atoms with van der Waals surface area (Å²) in [6, 6.07) is -0.729. The Labute approximate surface area is 63.1 Å². The number of hydrogen-bond donors (Lipinski definition) is 2. The first kappa shape index (κ1) is 9.90. The Morgan fingerprint density at radius 1 is 1.70 bits per heavy atom. The van der Waals surface area contributed by atoms with Gasteiger partial charge in [0.25, 0.3) is 0 Å². The van der Waals surface area contributed by atoms with E-state index in [-0.39, 0.29) is 5.75 Å². The minimum Gasteiger partial charge on any atom is -0.616 e. The van der Waals surface area contributed by atoms with Crippen molar-refractivity contribution < 1.29 is 9.35 Å². The van der Waals surface area contributed by atoms with Gasteiger partial charge >= 0.3 is 0 Å². The zero-order chi connectivity index (χ0) is 7.98. The van der Waals surface area contributed by atoms with Crippen LogP contribution in [-0.4, -0.2) is 34.9 Å². The largest absolute Gasteiger partial charge is 0.616 e. The Morgan fingerprint density at radius 2 is 2.30 bits per heavy atom. The van der Waals surface area contributed by atoms with Crippen molar-refractivity contribution in [3.8, 4) is 0 Å². The quantitative estimate of drug-likeness (QED) is 0.464. The predicted molar refractivity (Wildman–Crippen MR) is 40.6 cm³/mol. The van der Waals surface area contributed by atoms with Gasteiger partial charge < -0.3 is 16.0 Å². The van der Waals surface area contributed by atoms with Gasteiger partial charge in [0.1, 0.15) is 17.5 Å². The summed E-state index contributed by atoms with van der Waals surface area (Å²) in [5.41, 5.74) is 10.3. The van der Waals surface area contributed by atoms with Gasteiger partial charge in [0.15, 0.2) is 0 Å². The highest BCUT2D eigenvalue weighted by molar-refractivity contribution is 7.91. The molecule has 0 aliphatic heterocycles. The molecule has 0 bridgehead atoms. The lowest BCUT2D eigenvalue weighted by Gasteiger charge is -2.09. The molecule has 59 valence electrons. The maximum absolute atomic E-state index is 10.8. The third-order valence-electron chi connectivity index (χ3n) is 0.862. The van der Waals surface area contributed by atoms with Gasteiger partial charge in [0.05, 0.1) is 0 Å². The molecular weight excluding hydrogens is 152 g/mol. The number of nitrogens with two attached hydrogens (primary N) is 2. The molecule has 5 heteroatoms. The Morgan fingerprint density at radius 3 is 2.70 bits per heavy atom. The van der Waals surface area contributed by atoms with Gasteiger partial charge in [-0.3, -0.25) is 4.79 Å². The summed E-state index contributed by atoms with van der Waals surface area (Å²) < 4.78 is 10.8. The highest BCUT2D eigenvalue weighted by atomic mass is 32.2. The van der Waals surface area contributed by atoms with Gasteiger partial charge in [-0.25, -0.2) is 0 Å². The Balaban J connectivity index is 3.36. The van der Waals surface area contributed by atoms with E-state index in [0.717, 1.165) is 0 Å². The van der Waals surface area contributed by atoms with E-state index >= 15 is 0 Å². The van der Waals surface area contributed by atoms with Gasteiger partial charge in [-0.2, -0.15) is 0 Å². The van der Waals surface area contributed by atoms with Crippen molar-refractivity contribution in [2.45, 2.75) is 6.04 Å². The fourth-order valence-electron chi connectivity index (χ4n) is 0.449. The van der Waals surface area contributed by atoms with E-state index in [4.69, 9.17) is 11.5 Å². The predicted octanol–water partition coefficient (Wildman–Crippen LogP) is -1.87. The van der Waals surface area contributed by atoms with Crippen LogP contribution in [0.2, 0.25) is 0 Å². The van der Waals surface area contributed by atoms with E-state index in [9.17, 15) is 9.35 Å². The topological polar surface area (TPSA) is 92.2 Å². The van der Waals surface area contributed by atoms with Crippen molar-refractivity contribution >= 4 is 17.5 Å². The van der Waals surface area contributed by atoms with Gasteiger partial charge in [-0.15, -0.1) is 0 Å². The van der Waals surface area contributed by atoms with Gasteiger partial charge in [0, 0.05) is 6.54 Å². The van der Waals surface area contributed by atoms with Crippen molar-refractivity contribution in [2.75, 3.05) is 18.1 Å². The lowest BCUT2D eigenvalue weighted by Crippen LogP contribution is -2.33. The van der Waals surface area contributed by atoms with E-state index in [1.54, 1.807) is 6.29 Å². The van der Waals surface area contributed by atoms with Crippen molar-refractivity contribution in [3.63, 3.8) is 0 Å². The van der Waals surface area contributed by atoms with Crippen molar-refractivity contribution in [3.05, 3.63) is 0 Å². The molecule has 0 aliphatic rings. The van der Waals surface area contributed by atoms with Gasteiger partial charge in [-0.05, 0) is 0 Å². The molecule has 0 amide bonds. The molecule has 0 spiro atoms. The molecule has 0 aromatic carbocycles. The van der Waals surface area contributed by atoms with Crippen LogP contribution in [0, 0.1) is 0 Å². The second-order valence-electron chi connectivity index (χ2n) is 1.82. The highest BCUT2D eigenvalue weighted by Crippen LogP contribution is 1.89. The number of rotatable bonds is 5. The standard InChI is InChI=1S/C5H11N2O2S/c6-1-2-10(9)4-5(7)3-8/h5H,1-2,4,6-7H2/t5-,10?/m1/s1. The van der Waals surface area contributed by atoms with Crippen LogP contribution in [0.1, 0.15) is 0 Å². The molecule has 0 fully saturated rings. The molecule has 4 nitrogen and oxygen atoms in total. The fourth-order valence-corrected chi connectivity index (χ4v) is 1.35. The SMILES string of the molecule is NCC[S+]([O-])C[C@H](N)[C]=O. The average Bonchev–Trinajstić information content (AvgIpc) is 1.88. The zero-order valence-electron chi connectivity index (χ0n) is 5.58. The lowest BCUT2D eigenvalue weighted by atomic mass is 10.4. The number of carbonyl (C=O) groups excluding carboxylic acids is 1. The highest BCUT2D eigenvalue weighted by Gasteiger charge is 2.11. The van der Waals surface area contributed by atoms with Crippen LogP contribution in [0.25, 0.3) is 0 Å². The second-order valence-corrected chi connectivity index (χ2v) is 3.44. The molecule has 1 unspecified atom stereocenters. The third kappa shape index (κ3) is 4.75. The molecule has 0 saturated carbocycles. The summed E-state index contributed by atoms with van der Waals surface area (Å²) in [4.78, 5) is 9.83. The van der Waals surface area contributed by atoms with Crippen LogP contribution in [0.5, 0.6) is 0 Å². The maximum Gasteiger partial charge on any atom is 0.221 e. The van der Waals surface area contributed by atoms with Crippen LogP contribution in [0.3, 0.4) is 0 Å². The van der Waals surface area contributed by atoms with Gasteiger partial charge in [0.2, 0.25) is 6.29 Å². The van der Waals surface area contributed by atoms with Crippen LogP contribution in [-0.2, 0) is 16.0 Å². The monoisotopic (exact) mass is 163 g/mol. The van der Waals surface area contributed by atoms with E-state index in [1.807, 2.05) is 0 Å². The summed E-state index contributed by atoms with van der Waals surface area (Å²) in [5.74, 6) is 0.566. The van der Waals surface area contributed by atoms with Crippen molar-refractivity contribution in [1.82, 2.24) is 0 Å². The van der Waals surface area contributed by atoms with E-state index in [2.05, 4.69) is 0 Å². The van der Waals surface area contributed by atoms with Crippen LogP contribution in [0.4, 0.5) is 0 Å². The van der Waals surface area contributed by atoms with Crippen molar-refractivity contribution in [2.24, 2.45) is 11.5 Å². The van der Waals surface area contributed by atoms with Crippen LogP contribution >= 0.6 is 0 Å². The smallest absolute Gasteiger partial charge is 0.221 e. The third-order valence-corrected chi connectivity index (χ3v) is 2.28. The van der Waals surface area contributed by atoms with E-state index in [0.29, 0.717) is 12.3 Å². The second kappa shape index (κ2) is 5.67. The Kier molecular flexibility index (Phi) is 5.61. The zero-order valence-corrected chi connectivity index (χ0v) is 6.39. The average molecular weight is 163 g/mol. The summed E-state index contributed by atoms with van der Waals surface area (Å²) in [6.45, 7) is 0.359. The first-order valence-electron chi connectivity index (χ1n) is 2.89. The van der Waals surface area contributed by atoms with Gasteiger partial charge in [-0.1, -0.05) is 11.2 Å². The molecule has 2 atom stereocenters. The lowest BCUT2D eigenvalue weighted by molar-refractivity contribution is 0.543. The van der Waals surface area contributed by atoms with E-state index < -0.39 is 17.2 Å². The Hall–Kier alpha value is -0.100.